The molecule has 4 bridgehead atoms. The van der Waals surface area contributed by atoms with Gasteiger partial charge >= 0.3 is 0 Å². The van der Waals surface area contributed by atoms with Crippen molar-refractivity contribution in [1.29, 1.82) is 0 Å². The van der Waals surface area contributed by atoms with Crippen LogP contribution < -0.4 is 4.74 Å². The topological polar surface area (TPSA) is 30.8 Å². The fourth-order valence-corrected chi connectivity index (χ4v) is 5.92. The third kappa shape index (κ3) is 2.43. The van der Waals surface area contributed by atoms with Crippen molar-refractivity contribution in [3.05, 3.63) is 41.1 Å². The maximum atomic E-state index is 6.34. The lowest BCUT2D eigenvalue weighted by molar-refractivity contribution is 0.0629. The highest BCUT2D eigenvalue weighted by atomic mass is 16.5. The molecule has 0 saturated heterocycles. The van der Waals surface area contributed by atoms with Crippen LogP contribution >= 0.6 is 0 Å². The van der Waals surface area contributed by atoms with Gasteiger partial charge in [0.2, 0.25) is 5.90 Å². The van der Waals surface area contributed by atoms with Crippen LogP contribution in [-0.4, -0.2) is 18.6 Å². The highest BCUT2D eigenvalue weighted by molar-refractivity contribution is 5.97. The predicted molar refractivity (Wildman–Crippen MR) is 98.8 cm³/mol. The second-order valence-electron chi connectivity index (χ2n) is 8.87. The Bertz CT molecular complexity index is 744. The van der Waals surface area contributed by atoms with Crippen LogP contribution in [0.3, 0.4) is 0 Å². The molecule has 4 saturated carbocycles. The van der Waals surface area contributed by atoms with Gasteiger partial charge < -0.3 is 9.47 Å². The molecule has 1 heterocycles. The first kappa shape index (κ1) is 15.5. The molecule has 5 aliphatic rings. The number of hydrogen-bond donors (Lipinski definition) is 0. The van der Waals surface area contributed by atoms with Crippen molar-refractivity contribution in [2.75, 3.05) is 7.11 Å². The van der Waals surface area contributed by atoms with Gasteiger partial charge in [-0.25, -0.2) is 4.99 Å². The maximum Gasteiger partial charge on any atom is 0.222 e. The van der Waals surface area contributed by atoms with Crippen LogP contribution in [0.5, 0.6) is 5.75 Å². The van der Waals surface area contributed by atoms with Crippen molar-refractivity contribution in [2.45, 2.75) is 51.6 Å². The van der Waals surface area contributed by atoms with E-state index in [0.717, 1.165) is 40.9 Å². The Kier molecular flexibility index (Phi) is 3.32. The summed E-state index contributed by atoms with van der Waals surface area (Å²) in [5.41, 5.74) is 3.53. The average Bonchev–Trinajstić information content (AvgIpc) is 2.89. The lowest BCUT2D eigenvalue weighted by atomic mass is 9.53. The van der Waals surface area contributed by atoms with Gasteiger partial charge in [-0.3, -0.25) is 0 Å². The zero-order chi connectivity index (χ0) is 17.2. The summed E-state index contributed by atoms with van der Waals surface area (Å²) in [7, 11) is 1.70. The number of methoxy groups -OCH3 is 1. The minimum atomic E-state index is -0.330. The molecule has 0 atom stereocenters. The Hall–Kier alpha value is -1.77. The molecule has 25 heavy (non-hydrogen) atoms. The minimum Gasteiger partial charge on any atom is -0.497 e. The van der Waals surface area contributed by atoms with Crippen molar-refractivity contribution < 1.29 is 9.47 Å². The number of benzene rings is 1. The van der Waals surface area contributed by atoms with E-state index in [1.165, 1.54) is 37.8 Å². The van der Waals surface area contributed by atoms with Crippen LogP contribution in [0.2, 0.25) is 0 Å². The van der Waals surface area contributed by atoms with Gasteiger partial charge in [-0.2, -0.15) is 0 Å². The van der Waals surface area contributed by atoms with E-state index in [1.807, 2.05) is 18.2 Å². The molecule has 1 aromatic carbocycles. The number of rotatable bonds is 2. The van der Waals surface area contributed by atoms with Gasteiger partial charge in [0, 0.05) is 5.56 Å². The third-order valence-electron chi connectivity index (χ3n) is 6.74. The van der Waals surface area contributed by atoms with E-state index >= 15 is 0 Å². The van der Waals surface area contributed by atoms with Gasteiger partial charge in [0.15, 0.2) is 0 Å². The minimum absolute atomic E-state index is 0.330. The van der Waals surface area contributed by atoms with Crippen LogP contribution in [0.25, 0.3) is 0 Å². The van der Waals surface area contributed by atoms with Crippen molar-refractivity contribution in [3.63, 3.8) is 0 Å². The quantitative estimate of drug-likeness (QED) is 0.763. The molecule has 3 nitrogen and oxygen atoms in total. The molecule has 0 unspecified atom stereocenters. The SMILES string of the molecule is COc1cccc(C2=NC(=C3C4CC5CC(C4)CC3C5)C(C)(C)O2)c1. The third-order valence-corrected chi connectivity index (χ3v) is 6.74. The number of allylic oxidation sites excluding steroid dienone is 1. The second-order valence-corrected chi connectivity index (χ2v) is 8.87. The summed E-state index contributed by atoms with van der Waals surface area (Å²) in [6.45, 7) is 4.36. The van der Waals surface area contributed by atoms with E-state index in [4.69, 9.17) is 14.5 Å². The van der Waals surface area contributed by atoms with E-state index in [-0.39, 0.29) is 5.60 Å². The smallest absolute Gasteiger partial charge is 0.222 e. The Labute approximate surface area is 150 Å². The van der Waals surface area contributed by atoms with Crippen molar-refractivity contribution >= 4 is 5.90 Å². The summed E-state index contributed by atoms with van der Waals surface area (Å²) in [4.78, 5) is 5.05. The van der Waals surface area contributed by atoms with E-state index < -0.39 is 0 Å². The fraction of sp³-hybridized carbons (Fsp3) is 0.591. The molecular weight excluding hydrogens is 310 g/mol. The highest BCUT2D eigenvalue weighted by Gasteiger charge is 2.49. The lowest BCUT2D eigenvalue weighted by Gasteiger charge is -2.52. The zero-order valence-corrected chi connectivity index (χ0v) is 15.4. The lowest BCUT2D eigenvalue weighted by Crippen LogP contribution is -2.42. The Morgan fingerprint density at radius 1 is 1.04 bits per heavy atom. The summed E-state index contributed by atoms with van der Waals surface area (Å²) in [6.07, 6.45) is 7.00. The molecule has 3 heteroatoms. The highest BCUT2D eigenvalue weighted by Crippen LogP contribution is 2.58. The maximum absolute atomic E-state index is 6.34. The van der Waals surface area contributed by atoms with Crippen LogP contribution in [0.1, 0.15) is 51.5 Å². The first-order valence-electron chi connectivity index (χ1n) is 9.70. The van der Waals surface area contributed by atoms with E-state index in [9.17, 15) is 0 Å². The number of aliphatic imine (C=N–C) groups is 1. The Morgan fingerprint density at radius 2 is 1.72 bits per heavy atom. The molecule has 1 aromatic rings. The summed E-state index contributed by atoms with van der Waals surface area (Å²) in [6, 6.07) is 8.03. The monoisotopic (exact) mass is 337 g/mol. The van der Waals surface area contributed by atoms with Crippen molar-refractivity contribution in [3.8, 4) is 5.75 Å². The summed E-state index contributed by atoms with van der Waals surface area (Å²) in [5.74, 6) is 5.04. The molecular formula is C22H27NO2. The molecule has 6 rings (SSSR count). The van der Waals surface area contributed by atoms with Gasteiger partial charge in [0.25, 0.3) is 0 Å². The molecule has 0 radical (unpaired) electrons. The van der Waals surface area contributed by atoms with E-state index in [0.29, 0.717) is 0 Å². The van der Waals surface area contributed by atoms with Gasteiger partial charge in [-0.1, -0.05) is 6.07 Å². The molecule has 4 aliphatic carbocycles. The molecule has 0 aromatic heterocycles. The Morgan fingerprint density at radius 3 is 2.36 bits per heavy atom. The standard InChI is InChI=1S/C22H27NO2/c1-22(2)20(19-16-8-13-7-14(10-16)11-17(19)9-13)23-21(25-22)15-5-4-6-18(12-15)24-3/h4-6,12-14,16-17H,7-11H2,1-3H3. The van der Waals surface area contributed by atoms with Gasteiger partial charge in [-0.05, 0) is 93.4 Å². The van der Waals surface area contributed by atoms with Gasteiger partial charge in [0.05, 0.1) is 12.8 Å². The molecule has 1 aliphatic heterocycles. The summed E-state index contributed by atoms with van der Waals surface area (Å²) in [5, 5.41) is 0. The van der Waals surface area contributed by atoms with Gasteiger partial charge in [-0.15, -0.1) is 0 Å². The second kappa shape index (κ2) is 5.36. The molecule has 0 amide bonds. The first-order chi connectivity index (χ1) is 12.0. The largest absolute Gasteiger partial charge is 0.497 e. The van der Waals surface area contributed by atoms with E-state index in [2.05, 4.69) is 19.9 Å². The van der Waals surface area contributed by atoms with Crippen LogP contribution in [0, 0.1) is 23.7 Å². The predicted octanol–water partition coefficient (Wildman–Crippen LogP) is 4.96. The first-order valence-corrected chi connectivity index (χ1v) is 9.70. The van der Waals surface area contributed by atoms with Crippen molar-refractivity contribution in [1.82, 2.24) is 0 Å². The normalized spacial score (nSPS) is 34.9. The van der Waals surface area contributed by atoms with Crippen LogP contribution in [0.4, 0.5) is 0 Å². The molecule has 4 fully saturated rings. The van der Waals surface area contributed by atoms with Crippen LogP contribution in [0.15, 0.2) is 40.5 Å². The molecule has 0 spiro atoms. The van der Waals surface area contributed by atoms with Crippen molar-refractivity contribution in [2.24, 2.45) is 28.7 Å². The number of nitrogens with zero attached hydrogens (tertiary/aromatic N) is 1. The molecule has 132 valence electrons. The average molecular weight is 337 g/mol. The number of ether oxygens (including phenoxy) is 2. The summed E-state index contributed by atoms with van der Waals surface area (Å²) < 4.78 is 11.7. The summed E-state index contributed by atoms with van der Waals surface area (Å²) >= 11 is 0. The van der Waals surface area contributed by atoms with E-state index in [1.54, 1.807) is 12.7 Å². The molecule has 0 N–H and O–H groups in total. The van der Waals surface area contributed by atoms with Crippen LogP contribution in [-0.2, 0) is 4.74 Å². The zero-order valence-electron chi connectivity index (χ0n) is 15.4. The van der Waals surface area contributed by atoms with Gasteiger partial charge in [0.1, 0.15) is 11.4 Å². The fourth-order valence-electron chi connectivity index (χ4n) is 5.92. The Balaban J connectivity index is 1.57. The number of hydrogen-bond acceptors (Lipinski definition) is 3.